The predicted octanol–water partition coefficient (Wildman–Crippen LogP) is 1.23. The summed E-state index contributed by atoms with van der Waals surface area (Å²) < 4.78 is 5.14. The van der Waals surface area contributed by atoms with Crippen LogP contribution in [0.25, 0.3) is 0 Å². The van der Waals surface area contributed by atoms with Crippen LogP contribution < -0.4 is 5.32 Å². The first-order valence-electron chi connectivity index (χ1n) is 10.1. The number of hydrogen-bond donors (Lipinski definition) is 2. The number of likely N-dealkylation sites (tertiary alicyclic amines) is 1. The van der Waals surface area contributed by atoms with Gasteiger partial charge in [-0.15, -0.1) is 6.42 Å². The molecule has 1 aliphatic heterocycles. The van der Waals surface area contributed by atoms with E-state index in [0.717, 1.165) is 0 Å². The van der Waals surface area contributed by atoms with Gasteiger partial charge in [0.1, 0.15) is 12.3 Å². The van der Waals surface area contributed by atoms with Gasteiger partial charge in [-0.05, 0) is 30.9 Å². The summed E-state index contributed by atoms with van der Waals surface area (Å²) in [5, 5.41) is 13.5. The summed E-state index contributed by atoms with van der Waals surface area (Å²) in [6.07, 6.45) is 7.53. The van der Waals surface area contributed by atoms with Crippen LogP contribution in [0.3, 0.4) is 0 Å². The molecule has 0 aromatic carbocycles. The molecule has 2 amide bonds. The van der Waals surface area contributed by atoms with Crippen LogP contribution in [0.2, 0.25) is 0 Å². The topological polar surface area (TPSA) is 91.8 Å². The van der Waals surface area contributed by atoms with Crippen molar-refractivity contribution in [3.63, 3.8) is 0 Å². The van der Waals surface area contributed by atoms with Crippen molar-refractivity contribution in [2.75, 3.05) is 19.8 Å². The second-order valence-electron chi connectivity index (χ2n) is 8.36. The highest BCUT2D eigenvalue weighted by atomic mass is 16.5. The minimum Gasteiger partial charge on any atom is -0.391 e. The average molecular weight is 399 g/mol. The van der Waals surface area contributed by atoms with E-state index in [1.807, 2.05) is 4.90 Å². The maximum Gasteiger partial charge on any atom is 0.272 e. The van der Waals surface area contributed by atoms with Crippen LogP contribution in [0.4, 0.5) is 0 Å². The molecule has 29 heavy (non-hydrogen) atoms. The van der Waals surface area contributed by atoms with E-state index in [4.69, 9.17) is 11.2 Å². The van der Waals surface area contributed by atoms with E-state index in [2.05, 4.69) is 30.1 Å². The molecule has 2 aliphatic rings. The number of aromatic nitrogens is 1. The van der Waals surface area contributed by atoms with Crippen LogP contribution in [0, 0.1) is 23.7 Å². The van der Waals surface area contributed by atoms with Gasteiger partial charge in [0.2, 0.25) is 5.91 Å². The van der Waals surface area contributed by atoms with Gasteiger partial charge in [0.25, 0.3) is 5.91 Å². The number of hydrogen-bond acceptors (Lipinski definition) is 5. The predicted molar refractivity (Wildman–Crippen MR) is 108 cm³/mol. The molecule has 7 heteroatoms. The van der Waals surface area contributed by atoms with Gasteiger partial charge < -0.3 is 20.1 Å². The van der Waals surface area contributed by atoms with E-state index in [9.17, 15) is 14.7 Å². The van der Waals surface area contributed by atoms with Crippen LogP contribution >= 0.6 is 0 Å². The van der Waals surface area contributed by atoms with Crippen molar-refractivity contribution < 1.29 is 19.4 Å². The molecular weight excluding hydrogens is 370 g/mol. The zero-order valence-corrected chi connectivity index (χ0v) is 17.0. The lowest BCUT2D eigenvalue weighted by atomic mass is 9.65. The minimum atomic E-state index is -0.626. The molecule has 2 N–H and O–H groups in total. The molecule has 0 bridgehead atoms. The zero-order valence-electron chi connectivity index (χ0n) is 17.0. The number of aliphatic hydroxyl groups is 1. The average Bonchev–Trinajstić information content (AvgIpc) is 3.01. The molecule has 3 rings (SSSR count). The van der Waals surface area contributed by atoms with Gasteiger partial charge in [0.05, 0.1) is 25.2 Å². The molecule has 7 nitrogen and oxygen atoms in total. The monoisotopic (exact) mass is 399 g/mol. The lowest BCUT2D eigenvalue weighted by Crippen LogP contribution is -2.67. The number of rotatable bonds is 7. The molecule has 1 saturated heterocycles. The molecule has 1 aliphatic carbocycles. The van der Waals surface area contributed by atoms with Gasteiger partial charge in [-0.2, -0.15) is 0 Å². The van der Waals surface area contributed by atoms with Crippen molar-refractivity contribution in [3.05, 3.63) is 30.1 Å². The third-order valence-corrected chi connectivity index (χ3v) is 5.94. The first-order chi connectivity index (χ1) is 13.9. The van der Waals surface area contributed by atoms with E-state index >= 15 is 0 Å². The van der Waals surface area contributed by atoms with Gasteiger partial charge in [-0.25, -0.2) is 0 Å². The molecular formula is C22H29N3O4. The zero-order chi connectivity index (χ0) is 21.0. The molecule has 156 valence electrons. The Kier molecular flexibility index (Phi) is 6.56. The van der Waals surface area contributed by atoms with Gasteiger partial charge >= 0.3 is 0 Å². The summed E-state index contributed by atoms with van der Waals surface area (Å²) in [6.45, 7) is 5.18. The fraction of sp³-hybridized carbons (Fsp3) is 0.591. The maximum absolute atomic E-state index is 12.9. The molecule has 4 atom stereocenters. The fourth-order valence-electron chi connectivity index (χ4n) is 4.96. The van der Waals surface area contributed by atoms with Crippen LogP contribution in [0.15, 0.2) is 24.4 Å². The standard InChI is InChI=1S/C22H29N3O4/c1-4-10-29-11-8-19(27)24-17-12-22(13-18(17)26)14-25(20(22)15(2)3)21(28)16-7-5-6-9-23-16/h1,5-7,9,15,17-18,20,26H,8,10-14H2,2-3H3,(H,24,27)/t17-,18-,20?,22?/m1/s1. The largest absolute Gasteiger partial charge is 0.391 e. The SMILES string of the molecule is C#CCOCCC(=O)N[C@@H]1CC2(C[C@H]1O)CN(C(=O)c1ccccn1)C2C(C)C. The molecule has 2 fully saturated rings. The van der Waals surface area contributed by atoms with E-state index in [1.165, 1.54) is 0 Å². The first-order valence-corrected chi connectivity index (χ1v) is 10.1. The lowest BCUT2D eigenvalue weighted by molar-refractivity contribution is -0.123. The number of carbonyl (C=O) groups excluding carboxylic acids is 2. The Balaban J connectivity index is 1.62. The third-order valence-electron chi connectivity index (χ3n) is 5.94. The second-order valence-corrected chi connectivity index (χ2v) is 8.36. The fourth-order valence-corrected chi connectivity index (χ4v) is 4.96. The summed E-state index contributed by atoms with van der Waals surface area (Å²) in [6, 6.07) is 5.00. The van der Waals surface area contributed by atoms with E-state index in [0.29, 0.717) is 25.1 Å². The highest BCUT2D eigenvalue weighted by Crippen LogP contribution is 2.53. The minimum absolute atomic E-state index is 0.00696. The number of terminal acetylenes is 1. The molecule has 1 aromatic heterocycles. The third kappa shape index (κ3) is 4.44. The Hall–Kier alpha value is -2.43. The normalized spacial score (nSPS) is 28.2. The van der Waals surface area contributed by atoms with Gasteiger partial charge in [0, 0.05) is 24.2 Å². The van der Waals surface area contributed by atoms with Crippen LogP contribution in [-0.2, 0) is 9.53 Å². The molecule has 1 spiro atoms. The molecule has 1 saturated carbocycles. The number of ether oxygens (including phenoxy) is 1. The summed E-state index contributed by atoms with van der Waals surface area (Å²) in [5.74, 6) is 2.35. The van der Waals surface area contributed by atoms with Crippen molar-refractivity contribution in [3.8, 4) is 12.3 Å². The van der Waals surface area contributed by atoms with E-state index in [-0.39, 0.29) is 54.9 Å². The van der Waals surface area contributed by atoms with Crippen LogP contribution in [-0.4, -0.2) is 64.8 Å². The number of nitrogens with zero attached hydrogens (tertiary/aromatic N) is 2. The van der Waals surface area contributed by atoms with Crippen molar-refractivity contribution >= 4 is 11.8 Å². The molecule has 2 heterocycles. The lowest BCUT2D eigenvalue weighted by Gasteiger charge is -2.58. The number of pyridine rings is 1. The first kappa shape index (κ1) is 21.3. The Morgan fingerprint density at radius 3 is 2.90 bits per heavy atom. The quantitative estimate of drug-likeness (QED) is 0.532. The molecule has 1 aromatic rings. The van der Waals surface area contributed by atoms with Gasteiger partial charge in [-0.1, -0.05) is 25.8 Å². The van der Waals surface area contributed by atoms with Crippen LogP contribution in [0.1, 0.15) is 43.6 Å². The number of amides is 2. The van der Waals surface area contributed by atoms with E-state index < -0.39 is 6.10 Å². The second kappa shape index (κ2) is 8.93. The van der Waals surface area contributed by atoms with Crippen molar-refractivity contribution in [1.29, 1.82) is 0 Å². The van der Waals surface area contributed by atoms with Crippen molar-refractivity contribution in [1.82, 2.24) is 15.2 Å². The maximum atomic E-state index is 12.9. The molecule has 0 radical (unpaired) electrons. The smallest absolute Gasteiger partial charge is 0.272 e. The molecule has 2 unspecified atom stereocenters. The Morgan fingerprint density at radius 2 is 2.24 bits per heavy atom. The number of aliphatic hydroxyl groups excluding tert-OH is 1. The van der Waals surface area contributed by atoms with Crippen molar-refractivity contribution in [2.45, 2.75) is 51.3 Å². The summed E-state index contributed by atoms with van der Waals surface area (Å²) in [4.78, 5) is 31.1. The summed E-state index contributed by atoms with van der Waals surface area (Å²) in [5.41, 5.74) is 0.249. The highest BCUT2D eigenvalue weighted by Gasteiger charge is 2.61. The van der Waals surface area contributed by atoms with Crippen molar-refractivity contribution in [2.24, 2.45) is 11.3 Å². The van der Waals surface area contributed by atoms with E-state index in [1.54, 1.807) is 24.4 Å². The Morgan fingerprint density at radius 1 is 1.45 bits per heavy atom. The Labute approximate surface area is 171 Å². The number of carbonyl (C=O) groups is 2. The highest BCUT2D eigenvalue weighted by molar-refractivity contribution is 5.93. The van der Waals surface area contributed by atoms with Gasteiger partial charge in [-0.3, -0.25) is 14.6 Å². The Bertz CT molecular complexity index is 776. The van der Waals surface area contributed by atoms with Gasteiger partial charge in [0.15, 0.2) is 0 Å². The number of nitrogens with one attached hydrogen (secondary N) is 1. The van der Waals surface area contributed by atoms with Crippen LogP contribution in [0.5, 0.6) is 0 Å². The summed E-state index contributed by atoms with van der Waals surface area (Å²) >= 11 is 0. The summed E-state index contributed by atoms with van der Waals surface area (Å²) in [7, 11) is 0.